The maximum atomic E-state index is 12.9. The van der Waals surface area contributed by atoms with Gasteiger partial charge in [0.15, 0.2) is 0 Å². The molecule has 7 nitrogen and oxygen atoms in total. The molecule has 4 rings (SSSR count). The van der Waals surface area contributed by atoms with Gasteiger partial charge < -0.3 is 5.32 Å². The third-order valence-corrected chi connectivity index (χ3v) is 5.34. The molecule has 164 valence electrons. The quantitative estimate of drug-likeness (QED) is 0.670. The number of nitrogens with zero attached hydrogens (tertiary/aromatic N) is 5. The van der Waals surface area contributed by atoms with Crippen LogP contribution in [0.4, 0.5) is 13.2 Å². The second-order valence-corrected chi connectivity index (χ2v) is 7.93. The molecule has 2 aromatic heterocycles. The summed E-state index contributed by atoms with van der Waals surface area (Å²) in [6.45, 7) is 4.87. The van der Waals surface area contributed by atoms with E-state index in [9.17, 15) is 18.0 Å². The van der Waals surface area contributed by atoms with Crippen molar-refractivity contribution in [3.63, 3.8) is 0 Å². The summed E-state index contributed by atoms with van der Waals surface area (Å²) in [6.07, 6.45) is -0.914. The van der Waals surface area contributed by atoms with E-state index in [2.05, 4.69) is 32.2 Å². The smallest absolute Gasteiger partial charge is 0.351 e. The van der Waals surface area contributed by atoms with Gasteiger partial charge in [0.25, 0.3) is 11.6 Å². The Balaban J connectivity index is 1.41. The number of aromatic nitrogens is 4. The van der Waals surface area contributed by atoms with Gasteiger partial charge in [-0.05, 0) is 36.9 Å². The highest BCUT2D eigenvalue weighted by molar-refractivity contribution is 5.78. The number of hydrogen-bond donors (Lipinski definition) is 1. The summed E-state index contributed by atoms with van der Waals surface area (Å²) in [5.41, 5.74) is 2.01. The zero-order valence-corrected chi connectivity index (χ0v) is 17.1. The topological polar surface area (TPSA) is 75.4 Å². The Bertz CT molecular complexity index is 1060. The molecule has 1 N–H and O–H groups in total. The van der Waals surface area contributed by atoms with Crippen molar-refractivity contribution in [2.24, 2.45) is 5.92 Å². The van der Waals surface area contributed by atoms with Gasteiger partial charge in [0.2, 0.25) is 5.91 Å². The van der Waals surface area contributed by atoms with Crippen LogP contribution in [0.3, 0.4) is 0 Å². The average molecular weight is 432 g/mol. The second kappa shape index (κ2) is 8.62. The minimum atomic E-state index is -4.64. The molecule has 1 saturated heterocycles. The van der Waals surface area contributed by atoms with Crippen molar-refractivity contribution in [3.8, 4) is 11.3 Å². The highest BCUT2D eigenvalue weighted by atomic mass is 19.4. The molecule has 1 unspecified atom stereocenters. The van der Waals surface area contributed by atoms with Crippen molar-refractivity contribution in [2.75, 3.05) is 19.6 Å². The van der Waals surface area contributed by atoms with E-state index in [-0.39, 0.29) is 11.7 Å². The molecule has 3 aromatic rings. The molecule has 0 bridgehead atoms. The summed E-state index contributed by atoms with van der Waals surface area (Å²) in [4.78, 5) is 21.7. The van der Waals surface area contributed by atoms with Gasteiger partial charge in [0.05, 0.1) is 12.2 Å². The number of halogens is 3. The lowest BCUT2D eigenvalue weighted by atomic mass is 10.0. The molecule has 3 heterocycles. The summed E-state index contributed by atoms with van der Waals surface area (Å²) in [5.74, 6) is -0.745. The van der Waals surface area contributed by atoms with Gasteiger partial charge in [-0.1, -0.05) is 31.2 Å². The van der Waals surface area contributed by atoms with Crippen molar-refractivity contribution >= 4 is 11.7 Å². The van der Waals surface area contributed by atoms with E-state index in [1.165, 1.54) is 12.6 Å². The van der Waals surface area contributed by atoms with Crippen LogP contribution in [0.2, 0.25) is 0 Å². The zero-order chi connectivity index (χ0) is 22.0. The predicted octanol–water partition coefficient (Wildman–Crippen LogP) is 3.16. The van der Waals surface area contributed by atoms with Crippen molar-refractivity contribution in [1.82, 2.24) is 29.8 Å². The van der Waals surface area contributed by atoms with Crippen molar-refractivity contribution in [3.05, 3.63) is 47.9 Å². The third-order valence-electron chi connectivity index (χ3n) is 5.34. The lowest BCUT2D eigenvalue weighted by molar-refractivity contribution is -0.144. The molecule has 1 aromatic carbocycles. The Morgan fingerprint density at radius 3 is 2.71 bits per heavy atom. The number of carbonyl (C=O) groups is 1. The Morgan fingerprint density at radius 1 is 1.23 bits per heavy atom. The maximum absolute atomic E-state index is 12.9. The van der Waals surface area contributed by atoms with Crippen LogP contribution in [0.5, 0.6) is 0 Å². The largest absolute Gasteiger partial charge is 0.453 e. The van der Waals surface area contributed by atoms with Crippen LogP contribution in [0, 0.1) is 5.92 Å². The van der Waals surface area contributed by atoms with Gasteiger partial charge in [0.1, 0.15) is 0 Å². The van der Waals surface area contributed by atoms with Gasteiger partial charge in [-0.2, -0.15) is 22.7 Å². The van der Waals surface area contributed by atoms with Crippen LogP contribution < -0.4 is 5.32 Å². The van der Waals surface area contributed by atoms with Crippen LogP contribution in [0.15, 0.2) is 36.5 Å². The number of alkyl halides is 3. The summed E-state index contributed by atoms with van der Waals surface area (Å²) in [6, 6.07) is 8.78. The van der Waals surface area contributed by atoms with E-state index < -0.39 is 12.0 Å². The van der Waals surface area contributed by atoms with Crippen molar-refractivity contribution in [1.29, 1.82) is 0 Å². The van der Waals surface area contributed by atoms with Crippen LogP contribution in [-0.4, -0.2) is 50.0 Å². The summed E-state index contributed by atoms with van der Waals surface area (Å²) in [7, 11) is 0. The van der Waals surface area contributed by atoms with Crippen molar-refractivity contribution in [2.45, 2.75) is 32.5 Å². The summed E-state index contributed by atoms with van der Waals surface area (Å²) >= 11 is 0. The zero-order valence-electron chi connectivity index (χ0n) is 17.1. The molecule has 1 amide bonds. The number of carbonyl (C=O) groups excluding carboxylic acids is 1. The number of piperidine rings is 1. The van der Waals surface area contributed by atoms with Gasteiger partial charge in [0, 0.05) is 24.8 Å². The molecular formula is C21H23F3N6O. The minimum Gasteiger partial charge on any atom is -0.351 e. The third kappa shape index (κ3) is 5.01. The standard InChI is InChI=1S/C21H23F3N6O/c1-14-3-2-10-29(12-14)13-18(31)26-11-15-4-6-16(7-5-15)17-8-9-25-20-27-19(21(22,23)24)28-30(17)20/h4-9,14H,2-3,10-13H2,1H3,(H,26,31). The Hall–Kier alpha value is -3.01. The molecule has 1 atom stereocenters. The molecule has 0 saturated carbocycles. The SMILES string of the molecule is CC1CCCN(CC(=O)NCc2ccc(-c3ccnc4nc(C(F)(F)F)nn34)cc2)C1. The fourth-order valence-electron chi connectivity index (χ4n) is 3.82. The van der Waals surface area contributed by atoms with Gasteiger partial charge >= 0.3 is 6.18 Å². The first kappa shape index (κ1) is 21.2. The monoisotopic (exact) mass is 432 g/mol. The van der Waals surface area contributed by atoms with Gasteiger partial charge in [-0.3, -0.25) is 9.69 Å². The van der Waals surface area contributed by atoms with Gasteiger partial charge in [-0.25, -0.2) is 4.98 Å². The fraction of sp³-hybridized carbons (Fsp3) is 0.429. The first-order valence-corrected chi connectivity index (χ1v) is 10.2. The minimum absolute atomic E-state index is 0.0173. The molecular weight excluding hydrogens is 409 g/mol. The number of hydrogen-bond acceptors (Lipinski definition) is 5. The maximum Gasteiger partial charge on any atom is 0.453 e. The molecule has 0 aliphatic carbocycles. The predicted molar refractivity (Wildman–Crippen MR) is 108 cm³/mol. The molecule has 0 spiro atoms. The van der Waals surface area contributed by atoms with Crippen LogP contribution in [-0.2, 0) is 17.5 Å². The number of rotatable bonds is 5. The van der Waals surface area contributed by atoms with E-state index >= 15 is 0 Å². The lowest BCUT2D eigenvalue weighted by Gasteiger charge is -2.30. The van der Waals surface area contributed by atoms with Crippen LogP contribution in [0.1, 0.15) is 31.2 Å². The number of fused-ring (bicyclic) bond motifs is 1. The highest BCUT2D eigenvalue weighted by Crippen LogP contribution is 2.28. The van der Waals surface area contributed by atoms with E-state index in [1.54, 1.807) is 18.2 Å². The highest BCUT2D eigenvalue weighted by Gasteiger charge is 2.36. The first-order valence-electron chi connectivity index (χ1n) is 10.2. The number of nitrogens with one attached hydrogen (secondary N) is 1. The van der Waals surface area contributed by atoms with E-state index in [4.69, 9.17) is 0 Å². The van der Waals surface area contributed by atoms with E-state index in [0.29, 0.717) is 30.3 Å². The van der Waals surface area contributed by atoms with Crippen LogP contribution >= 0.6 is 0 Å². The summed E-state index contributed by atoms with van der Waals surface area (Å²) < 4.78 is 39.9. The normalized spacial score (nSPS) is 17.7. The van der Waals surface area contributed by atoms with E-state index in [1.807, 2.05) is 12.1 Å². The number of likely N-dealkylation sites (tertiary alicyclic amines) is 1. The molecule has 10 heteroatoms. The Labute approximate surface area is 177 Å². The second-order valence-electron chi connectivity index (χ2n) is 7.93. The molecule has 1 fully saturated rings. The Kier molecular flexibility index (Phi) is 5.90. The average Bonchev–Trinajstić information content (AvgIpc) is 3.18. The summed E-state index contributed by atoms with van der Waals surface area (Å²) in [5, 5.41) is 6.49. The van der Waals surface area contributed by atoms with Crippen LogP contribution in [0.25, 0.3) is 17.0 Å². The van der Waals surface area contributed by atoms with Crippen molar-refractivity contribution < 1.29 is 18.0 Å². The van der Waals surface area contributed by atoms with Gasteiger partial charge in [-0.15, -0.1) is 5.10 Å². The molecule has 31 heavy (non-hydrogen) atoms. The lowest BCUT2D eigenvalue weighted by Crippen LogP contribution is -2.41. The first-order chi connectivity index (χ1) is 14.8. The molecule has 1 aliphatic rings. The molecule has 0 radical (unpaired) electrons. The molecule has 1 aliphatic heterocycles. The number of benzene rings is 1. The Morgan fingerprint density at radius 2 is 2.00 bits per heavy atom. The fourth-order valence-corrected chi connectivity index (χ4v) is 3.82. The van der Waals surface area contributed by atoms with E-state index in [0.717, 1.165) is 29.6 Å². The number of amides is 1.